The van der Waals surface area contributed by atoms with Gasteiger partial charge in [-0.1, -0.05) is 35.9 Å². The molecule has 1 unspecified atom stereocenters. The zero-order valence-corrected chi connectivity index (χ0v) is 15.9. The van der Waals surface area contributed by atoms with Crippen LogP contribution in [-0.2, 0) is 9.59 Å². The quantitative estimate of drug-likeness (QED) is 0.747. The topological polar surface area (TPSA) is 91.0 Å². The number of nitriles is 1. The summed E-state index contributed by atoms with van der Waals surface area (Å²) in [7, 11) is 0. The van der Waals surface area contributed by atoms with Crippen molar-refractivity contribution in [2.24, 2.45) is 5.92 Å². The minimum atomic E-state index is -0.505. The highest BCUT2D eigenvalue weighted by atomic mass is 16.2. The number of para-hydroxylation sites is 1. The lowest BCUT2D eigenvalue weighted by atomic mass is 10.1. The first kappa shape index (κ1) is 18.4. The maximum Gasteiger partial charge on any atom is 0.231 e. The van der Waals surface area contributed by atoms with Crippen LogP contribution in [0, 0.1) is 24.2 Å². The van der Waals surface area contributed by atoms with Gasteiger partial charge in [-0.25, -0.2) is 4.68 Å². The van der Waals surface area contributed by atoms with Crippen LogP contribution in [0.5, 0.6) is 0 Å². The Labute approximate surface area is 168 Å². The molecule has 2 aromatic carbocycles. The Kier molecular flexibility index (Phi) is 4.83. The highest BCUT2D eigenvalue weighted by Crippen LogP contribution is 2.27. The molecule has 1 saturated heterocycles. The third-order valence-corrected chi connectivity index (χ3v) is 4.97. The zero-order valence-electron chi connectivity index (χ0n) is 15.9. The second-order valence-corrected chi connectivity index (χ2v) is 7.00. The van der Waals surface area contributed by atoms with Crippen LogP contribution >= 0.6 is 0 Å². The molecule has 7 heteroatoms. The molecule has 2 amide bonds. The molecule has 1 atom stereocenters. The van der Waals surface area contributed by atoms with E-state index in [0.29, 0.717) is 12.4 Å². The van der Waals surface area contributed by atoms with Crippen molar-refractivity contribution in [2.45, 2.75) is 13.3 Å². The van der Waals surface area contributed by atoms with Crippen LogP contribution in [0.2, 0.25) is 0 Å². The number of benzene rings is 2. The van der Waals surface area contributed by atoms with Crippen LogP contribution < -0.4 is 10.2 Å². The number of hydrogen-bond donors (Lipinski definition) is 1. The monoisotopic (exact) mass is 385 g/mol. The van der Waals surface area contributed by atoms with E-state index in [1.54, 1.807) is 4.90 Å². The molecular weight excluding hydrogens is 366 g/mol. The average molecular weight is 385 g/mol. The normalized spacial score (nSPS) is 15.9. The van der Waals surface area contributed by atoms with Gasteiger partial charge in [0.2, 0.25) is 11.8 Å². The Morgan fingerprint density at radius 3 is 2.55 bits per heavy atom. The van der Waals surface area contributed by atoms with Gasteiger partial charge in [0.05, 0.1) is 17.8 Å². The van der Waals surface area contributed by atoms with Crippen molar-refractivity contribution >= 4 is 23.3 Å². The van der Waals surface area contributed by atoms with E-state index in [0.717, 1.165) is 16.9 Å². The summed E-state index contributed by atoms with van der Waals surface area (Å²) in [5, 5.41) is 16.4. The lowest BCUT2D eigenvalue weighted by Crippen LogP contribution is -2.28. The lowest BCUT2D eigenvalue weighted by Gasteiger charge is -2.17. The molecule has 29 heavy (non-hydrogen) atoms. The molecule has 4 rings (SSSR count). The molecular formula is C22H19N5O2. The molecule has 0 radical (unpaired) electrons. The Bertz CT molecular complexity index is 1100. The number of nitrogens with zero attached hydrogens (tertiary/aromatic N) is 4. The number of anilines is 2. The van der Waals surface area contributed by atoms with Crippen LogP contribution in [0.25, 0.3) is 5.69 Å². The Morgan fingerprint density at radius 2 is 1.86 bits per heavy atom. The van der Waals surface area contributed by atoms with Gasteiger partial charge in [-0.3, -0.25) is 9.59 Å². The second-order valence-electron chi connectivity index (χ2n) is 7.00. The summed E-state index contributed by atoms with van der Waals surface area (Å²) in [6, 6.07) is 18.9. The summed E-state index contributed by atoms with van der Waals surface area (Å²) in [5.41, 5.74) is 2.88. The zero-order chi connectivity index (χ0) is 20.4. The third kappa shape index (κ3) is 3.60. The first-order valence-corrected chi connectivity index (χ1v) is 9.28. The summed E-state index contributed by atoms with van der Waals surface area (Å²) >= 11 is 0. The average Bonchev–Trinajstić information content (AvgIpc) is 3.32. The fourth-order valence-corrected chi connectivity index (χ4v) is 3.39. The SMILES string of the molecule is Cc1ccc(N2CC(C(=O)Nc3c(C#N)cnn3-c3ccccc3)CC2=O)cc1. The van der Waals surface area contributed by atoms with Crippen LogP contribution in [0.3, 0.4) is 0 Å². The fraction of sp³-hybridized carbons (Fsp3) is 0.182. The molecule has 1 aliphatic rings. The number of carbonyl (C=O) groups is 2. The number of hydrogen-bond acceptors (Lipinski definition) is 4. The fourth-order valence-electron chi connectivity index (χ4n) is 3.39. The highest BCUT2D eigenvalue weighted by molar-refractivity contribution is 6.03. The van der Waals surface area contributed by atoms with Gasteiger partial charge in [-0.05, 0) is 31.2 Å². The number of nitrogens with one attached hydrogen (secondary N) is 1. The van der Waals surface area contributed by atoms with E-state index < -0.39 is 5.92 Å². The standard InChI is InChI=1S/C22H19N5O2/c1-15-7-9-18(10-8-15)26-14-16(11-20(26)28)22(29)25-21-17(12-23)13-24-27(21)19-5-3-2-4-6-19/h2-10,13,16H,11,14H2,1H3,(H,25,29). The predicted molar refractivity (Wildman–Crippen MR) is 109 cm³/mol. The molecule has 1 aromatic heterocycles. The van der Waals surface area contributed by atoms with Crippen LogP contribution in [0.15, 0.2) is 60.8 Å². The molecule has 1 fully saturated rings. The van der Waals surface area contributed by atoms with E-state index in [4.69, 9.17) is 0 Å². The summed E-state index contributed by atoms with van der Waals surface area (Å²) in [6.07, 6.45) is 1.54. The van der Waals surface area contributed by atoms with Crippen molar-refractivity contribution in [3.63, 3.8) is 0 Å². The lowest BCUT2D eigenvalue weighted by molar-refractivity contribution is -0.122. The maximum absolute atomic E-state index is 12.9. The van der Waals surface area contributed by atoms with Gasteiger partial charge < -0.3 is 10.2 Å². The van der Waals surface area contributed by atoms with E-state index in [2.05, 4.69) is 16.5 Å². The molecule has 0 saturated carbocycles. The van der Waals surface area contributed by atoms with E-state index in [9.17, 15) is 14.9 Å². The van der Waals surface area contributed by atoms with Gasteiger partial charge in [-0.2, -0.15) is 10.4 Å². The van der Waals surface area contributed by atoms with Gasteiger partial charge >= 0.3 is 0 Å². The third-order valence-electron chi connectivity index (χ3n) is 4.97. The molecule has 0 aliphatic carbocycles. The summed E-state index contributed by atoms with van der Waals surface area (Å²) in [6.45, 7) is 2.28. The van der Waals surface area contributed by atoms with Gasteiger partial charge in [0, 0.05) is 18.7 Å². The largest absolute Gasteiger partial charge is 0.312 e. The molecule has 7 nitrogen and oxygen atoms in total. The predicted octanol–water partition coefficient (Wildman–Crippen LogP) is 3.04. The molecule has 1 aliphatic heterocycles. The molecule has 1 N–H and O–H groups in total. The summed E-state index contributed by atoms with van der Waals surface area (Å²) in [5.74, 6) is -0.590. The van der Waals surface area contributed by atoms with Crippen molar-refractivity contribution in [2.75, 3.05) is 16.8 Å². The van der Waals surface area contributed by atoms with Gasteiger partial charge in [0.15, 0.2) is 5.82 Å². The smallest absolute Gasteiger partial charge is 0.231 e. The van der Waals surface area contributed by atoms with Gasteiger partial charge in [0.25, 0.3) is 0 Å². The minimum Gasteiger partial charge on any atom is -0.312 e. The second kappa shape index (κ2) is 7.60. The first-order valence-electron chi connectivity index (χ1n) is 9.28. The molecule has 0 spiro atoms. The molecule has 3 aromatic rings. The summed E-state index contributed by atoms with van der Waals surface area (Å²) in [4.78, 5) is 27.0. The van der Waals surface area contributed by atoms with Crippen molar-refractivity contribution in [3.8, 4) is 11.8 Å². The number of rotatable bonds is 4. The van der Waals surface area contributed by atoms with Crippen LogP contribution in [-0.4, -0.2) is 28.1 Å². The molecule has 144 valence electrons. The highest BCUT2D eigenvalue weighted by Gasteiger charge is 2.35. The molecule has 0 bridgehead atoms. The first-order chi connectivity index (χ1) is 14.1. The Balaban J connectivity index is 1.55. The number of amides is 2. The van der Waals surface area contributed by atoms with Crippen molar-refractivity contribution in [1.29, 1.82) is 5.26 Å². The van der Waals surface area contributed by atoms with Gasteiger partial charge in [0.1, 0.15) is 11.6 Å². The van der Waals surface area contributed by atoms with E-state index in [-0.39, 0.29) is 23.8 Å². The van der Waals surface area contributed by atoms with Crippen LogP contribution in [0.1, 0.15) is 17.5 Å². The number of aromatic nitrogens is 2. The summed E-state index contributed by atoms with van der Waals surface area (Å²) < 4.78 is 1.52. The van der Waals surface area contributed by atoms with Crippen molar-refractivity contribution in [1.82, 2.24) is 9.78 Å². The van der Waals surface area contributed by atoms with Crippen LogP contribution in [0.4, 0.5) is 11.5 Å². The van der Waals surface area contributed by atoms with Crippen molar-refractivity contribution < 1.29 is 9.59 Å². The van der Waals surface area contributed by atoms with E-state index in [1.807, 2.05) is 61.5 Å². The van der Waals surface area contributed by atoms with Crippen molar-refractivity contribution in [3.05, 3.63) is 71.9 Å². The number of carbonyl (C=O) groups excluding carboxylic acids is 2. The minimum absolute atomic E-state index is 0.0916. The number of aryl methyl sites for hydroxylation is 1. The maximum atomic E-state index is 12.9. The Hall–Kier alpha value is -3.92. The molecule has 2 heterocycles. The van der Waals surface area contributed by atoms with E-state index >= 15 is 0 Å². The van der Waals surface area contributed by atoms with Gasteiger partial charge in [-0.15, -0.1) is 0 Å². The van der Waals surface area contributed by atoms with E-state index in [1.165, 1.54) is 10.9 Å². The Morgan fingerprint density at radius 1 is 1.14 bits per heavy atom.